The van der Waals surface area contributed by atoms with E-state index in [9.17, 15) is 13.0 Å². The quantitative estimate of drug-likeness (QED) is 0.685. The predicted octanol–water partition coefficient (Wildman–Crippen LogP) is 2.51. The van der Waals surface area contributed by atoms with Gasteiger partial charge in [-0.3, -0.25) is 4.55 Å². The molecule has 0 aromatic heterocycles. The van der Waals surface area contributed by atoms with Crippen LogP contribution in [0.15, 0.2) is 34.9 Å². The Bertz CT molecular complexity index is 539. The van der Waals surface area contributed by atoms with Gasteiger partial charge in [0.05, 0.1) is 14.0 Å². The summed E-state index contributed by atoms with van der Waals surface area (Å²) in [7, 11) is -5.11. The standard InChI is InChI=1S/C13H20O3SSi/c1-13(2,3)11(10-8-6-5-7-9-10)12(18-4)17(14,15)16/h5-9H,18H2,1-4H3,(H,14,15,16). The Kier molecular flexibility index (Phi) is 4.53. The summed E-state index contributed by atoms with van der Waals surface area (Å²) >= 11 is 0. The zero-order valence-electron chi connectivity index (χ0n) is 11.3. The first-order valence-corrected chi connectivity index (χ1v) is 9.50. The smallest absolute Gasteiger partial charge is 0.282 e. The van der Waals surface area contributed by atoms with Crippen LogP contribution < -0.4 is 0 Å². The summed E-state index contributed by atoms with van der Waals surface area (Å²) in [5.41, 5.74) is 1.28. The van der Waals surface area contributed by atoms with Gasteiger partial charge < -0.3 is 0 Å². The summed E-state index contributed by atoms with van der Waals surface area (Å²) in [6.45, 7) is 7.76. The highest BCUT2D eigenvalue weighted by Gasteiger charge is 2.27. The van der Waals surface area contributed by atoms with Crippen LogP contribution in [-0.4, -0.2) is 22.5 Å². The van der Waals surface area contributed by atoms with Gasteiger partial charge in [-0.05, 0) is 16.6 Å². The summed E-state index contributed by atoms with van der Waals surface area (Å²) in [6, 6.07) is 9.41. The summed E-state index contributed by atoms with van der Waals surface area (Å²) in [5, 5.41) is 0. The van der Waals surface area contributed by atoms with Crippen molar-refractivity contribution >= 4 is 25.2 Å². The SMILES string of the molecule is C[SiH2]C(=C(c1ccccc1)C(C)(C)C)S(=O)(=O)O. The fourth-order valence-corrected chi connectivity index (χ4v) is 5.33. The minimum Gasteiger partial charge on any atom is -0.282 e. The molecule has 18 heavy (non-hydrogen) atoms. The van der Waals surface area contributed by atoms with Gasteiger partial charge in [0, 0.05) is 0 Å². The largest absolute Gasteiger partial charge is 0.286 e. The van der Waals surface area contributed by atoms with Crippen LogP contribution in [-0.2, 0) is 10.1 Å². The second kappa shape index (κ2) is 5.38. The highest BCUT2D eigenvalue weighted by atomic mass is 32.2. The average molecular weight is 284 g/mol. The van der Waals surface area contributed by atoms with Gasteiger partial charge >= 0.3 is 0 Å². The van der Waals surface area contributed by atoms with Crippen LogP contribution in [0.1, 0.15) is 26.3 Å². The van der Waals surface area contributed by atoms with Crippen molar-refractivity contribution in [2.45, 2.75) is 27.3 Å². The molecule has 1 rings (SSSR count). The summed E-state index contributed by atoms with van der Waals surface area (Å²) in [5.74, 6) is 0. The van der Waals surface area contributed by atoms with Crippen molar-refractivity contribution in [3.05, 3.63) is 40.4 Å². The van der Waals surface area contributed by atoms with E-state index in [2.05, 4.69) is 0 Å². The second-order valence-corrected chi connectivity index (χ2v) is 8.61. The Hall–Kier alpha value is -0.913. The number of hydrogen-bond donors (Lipinski definition) is 1. The van der Waals surface area contributed by atoms with Crippen LogP contribution in [0, 0.1) is 5.41 Å². The number of benzene rings is 1. The van der Waals surface area contributed by atoms with E-state index < -0.39 is 19.6 Å². The number of hydrogen-bond acceptors (Lipinski definition) is 2. The van der Waals surface area contributed by atoms with Crippen molar-refractivity contribution in [3.63, 3.8) is 0 Å². The van der Waals surface area contributed by atoms with Gasteiger partial charge in [0.15, 0.2) is 0 Å². The normalized spacial score (nSPS) is 14.9. The maximum absolute atomic E-state index is 11.6. The third-order valence-corrected chi connectivity index (χ3v) is 6.51. The Balaban J connectivity index is 3.64. The van der Waals surface area contributed by atoms with Crippen LogP contribution in [0.25, 0.3) is 5.57 Å². The van der Waals surface area contributed by atoms with E-state index in [0.29, 0.717) is 0 Å². The highest BCUT2D eigenvalue weighted by molar-refractivity contribution is 7.91. The maximum Gasteiger partial charge on any atom is 0.286 e. The molecule has 0 atom stereocenters. The molecule has 0 amide bonds. The Morgan fingerprint density at radius 1 is 1.17 bits per heavy atom. The zero-order valence-corrected chi connectivity index (χ0v) is 13.5. The zero-order chi connectivity index (χ0) is 14.0. The van der Waals surface area contributed by atoms with Crippen molar-refractivity contribution in [2.75, 3.05) is 0 Å². The Labute approximate surface area is 111 Å². The molecule has 0 saturated carbocycles. The van der Waals surface area contributed by atoms with E-state index in [0.717, 1.165) is 11.1 Å². The third-order valence-electron chi connectivity index (χ3n) is 2.72. The summed E-state index contributed by atoms with van der Waals surface area (Å²) in [6.07, 6.45) is 0. The number of allylic oxidation sites excluding steroid dienone is 1. The van der Waals surface area contributed by atoms with Crippen molar-refractivity contribution in [3.8, 4) is 0 Å². The Morgan fingerprint density at radius 2 is 1.67 bits per heavy atom. The lowest BCUT2D eigenvalue weighted by Gasteiger charge is -2.26. The van der Waals surface area contributed by atoms with Crippen molar-refractivity contribution in [2.24, 2.45) is 5.41 Å². The monoisotopic (exact) mass is 284 g/mol. The van der Waals surface area contributed by atoms with Gasteiger partial charge in [-0.15, -0.1) is 0 Å². The molecule has 0 heterocycles. The molecule has 0 aliphatic heterocycles. The van der Waals surface area contributed by atoms with Gasteiger partial charge in [0.1, 0.15) is 0 Å². The molecule has 100 valence electrons. The van der Waals surface area contributed by atoms with Crippen LogP contribution in [0.3, 0.4) is 0 Å². The lowest BCUT2D eigenvalue weighted by molar-refractivity contribution is 0.491. The predicted molar refractivity (Wildman–Crippen MR) is 78.8 cm³/mol. The van der Waals surface area contributed by atoms with E-state index >= 15 is 0 Å². The third kappa shape index (κ3) is 3.54. The highest BCUT2D eigenvalue weighted by Crippen LogP contribution is 2.37. The van der Waals surface area contributed by atoms with Gasteiger partial charge in [-0.2, -0.15) is 8.42 Å². The van der Waals surface area contributed by atoms with E-state index in [1.54, 1.807) is 0 Å². The molecule has 0 fully saturated rings. The number of rotatable bonds is 3. The molecule has 0 spiro atoms. The van der Waals surface area contributed by atoms with Crippen LogP contribution in [0.2, 0.25) is 6.55 Å². The van der Waals surface area contributed by atoms with Gasteiger partial charge in [0.25, 0.3) is 10.1 Å². The molecule has 0 saturated heterocycles. The minimum absolute atomic E-state index is 0.237. The molecular weight excluding hydrogens is 264 g/mol. The van der Waals surface area contributed by atoms with Crippen molar-refractivity contribution in [1.82, 2.24) is 0 Å². The maximum atomic E-state index is 11.6. The first-order valence-electron chi connectivity index (χ1n) is 5.94. The van der Waals surface area contributed by atoms with E-state index in [1.165, 1.54) is 0 Å². The summed E-state index contributed by atoms with van der Waals surface area (Å²) in [4.78, 5) is 0. The molecule has 1 N–H and O–H groups in total. The minimum atomic E-state index is -4.10. The first kappa shape index (κ1) is 15.1. The average Bonchev–Trinajstić information content (AvgIpc) is 2.23. The van der Waals surface area contributed by atoms with Gasteiger partial charge in [-0.1, -0.05) is 57.7 Å². The van der Waals surface area contributed by atoms with Crippen molar-refractivity contribution in [1.29, 1.82) is 0 Å². The molecular formula is C13H20O3SSi. The second-order valence-electron chi connectivity index (χ2n) is 5.24. The molecule has 0 unspecified atom stereocenters. The van der Waals surface area contributed by atoms with Crippen LogP contribution >= 0.6 is 0 Å². The molecule has 0 aliphatic rings. The van der Waals surface area contributed by atoms with Gasteiger partial charge in [0.2, 0.25) is 0 Å². The molecule has 0 radical (unpaired) electrons. The van der Waals surface area contributed by atoms with E-state index in [1.807, 2.05) is 57.7 Å². The molecule has 0 bridgehead atoms. The van der Waals surface area contributed by atoms with Crippen LogP contribution in [0.5, 0.6) is 0 Å². The lowest BCUT2D eigenvalue weighted by Crippen LogP contribution is -2.18. The topological polar surface area (TPSA) is 54.4 Å². The summed E-state index contributed by atoms with van der Waals surface area (Å²) < 4.78 is 32.8. The molecule has 1 aromatic rings. The van der Waals surface area contributed by atoms with Crippen LogP contribution in [0.4, 0.5) is 0 Å². The van der Waals surface area contributed by atoms with Crippen molar-refractivity contribution < 1.29 is 13.0 Å². The van der Waals surface area contributed by atoms with E-state index in [4.69, 9.17) is 0 Å². The molecule has 0 aliphatic carbocycles. The van der Waals surface area contributed by atoms with E-state index in [-0.39, 0.29) is 9.94 Å². The molecule has 3 nitrogen and oxygen atoms in total. The Morgan fingerprint density at radius 3 is 2.00 bits per heavy atom. The van der Waals surface area contributed by atoms with Gasteiger partial charge in [-0.25, -0.2) is 0 Å². The first-order chi connectivity index (χ1) is 8.18. The molecule has 1 aromatic carbocycles. The fourth-order valence-electron chi connectivity index (χ4n) is 2.11. The lowest BCUT2D eigenvalue weighted by atomic mass is 9.83. The fraction of sp³-hybridized carbons (Fsp3) is 0.385. The molecule has 5 heteroatoms.